The van der Waals surface area contributed by atoms with Crippen molar-refractivity contribution in [3.63, 3.8) is 0 Å². The Bertz CT molecular complexity index is 1190. The zero-order valence-electron chi connectivity index (χ0n) is 23.8. The van der Waals surface area contributed by atoms with Gasteiger partial charge in [0.05, 0.1) is 5.56 Å². The fraction of sp³-hybridized carbons (Fsp3) is 0.531. The Kier molecular flexibility index (Phi) is 10.3. The van der Waals surface area contributed by atoms with Crippen LogP contribution in [0, 0.1) is 5.92 Å². The number of ether oxygens (including phenoxy) is 1. The minimum atomic E-state index is -0.965. The van der Waals surface area contributed by atoms with E-state index in [1.54, 1.807) is 12.1 Å². The quantitative estimate of drug-likeness (QED) is 0.396. The first-order chi connectivity index (χ1) is 19.4. The number of aromatic carboxylic acids is 1. The largest absolute Gasteiger partial charge is 0.478 e. The summed E-state index contributed by atoms with van der Waals surface area (Å²) in [6, 6.07) is 13.9. The van der Waals surface area contributed by atoms with Gasteiger partial charge in [-0.2, -0.15) is 0 Å². The van der Waals surface area contributed by atoms with Crippen LogP contribution in [-0.2, 0) is 16.1 Å². The number of likely N-dealkylation sites (tertiary alicyclic amines) is 1. The van der Waals surface area contributed by atoms with Crippen LogP contribution in [0.2, 0.25) is 0 Å². The van der Waals surface area contributed by atoms with Crippen molar-refractivity contribution in [1.82, 2.24) is 15.1 Å². The highest BCUT2D eigenvalue weighted by Gasteiger charge is 2.54. The summed E-state index contributed by atoms with van der Waals surface area (Å²) in [5.74, 6) is 0.756. The maximum atomic E-state index is 13.8. The van der Waals surface area contributed by atoms with Crippen molar-refractivity contribution < 1.29 is 24.2 Å². The Morgan fingerprint density at radius 2 is 1.59 bits per heavy atom. The molecule has 1 saturated carbocycles. The number of piperazine rings is 1. The summed E-state index contributed by atoms with van der Waals surface area (Å²) >= 11 is 0. The minimum Gasteiger partial charge on any atom is -0.478 e. The summed E-state index contributed by atoms with van der Waals surface area (Å²) in [5.41, 5.74) is 0.634. The summed E-state index contributed by atoms with van der Waals surface area (Å²) in [7, 11) is 0. The third kappa shape index (κ3) is 6.87. The molecule has 2 amide bonds. The second kappa shape index (κ2) is 13.7. The number of halogens is 1. The number of nitrogens with zero attached hydrogens (tertiary/aromatic N) is 2. The van der Waals surface area contributed by atoms with Crippen molar-refractivity contribution in [3.05, 3.63) is 59.7 Å². The van der Waals surface area contributed by atoms with Gasteiger partial charge in [-0.25, -0.2) is 4.79 Å². The van der Waals surface area contributed by atoms with Crippen molar-refractivity contribution >= 4 is 30.2 Å². The third-order valence-electron chi connectivity index (χ3n) is 8.96. The van der Waals surface area contributed by atoms with Crippen molar-refractivity contribution in [2.45, 2.75) is 82.8 Å². The predicted molar refractivity (Wildman–Crippen MR) is 160 cm³/mol. The SMILES string of the molecule is CCCCN1C(=O)[C@H](C2CCCCC2)NC(=O)C12CCN(Cc1ccc(Oc3ccc(C(=O)O)cc3)cc1)CC2.Cl. The maximum absolute atomic E-state index is 13.8. The lowest BCUT2D eigenvalue weighted by Crippen LogP contribution is -2.74. The van der Waals surface area contributed by atoms with Crippen LogP contribution in [0.4, 0.5) is 0 Å². The number of hydrogen-bond donors (Lipinski definition) is 2. The van der Waals surface area contributed by atoms with Crippen LogP contribution in [0.15, 0.2) is 48.5 Å². The van der Waals surface area contributed by atoms with Gasteiger partial charge in [0.25, 0.3) is 0 Å². The van der Waals surface area contributed by atoms with Gasteiger partial charge in [0.15, 0.2) is 0 Å². The number of amides is 2. The van der Waals surface area contributed by atoms with E-state index in [0.717, 1.165) is 63.7 Å². The normalized spacial score (nSPS) is 21.3. The maximum Gasteiger partial charge on any atom is 0.335 e. The van der Waals surface area contributed by atoms with Gasteiger partial charge in [-0.1, -0.05) is 44.7 Å². The Morgan fingerprint density at radius 3 is 2.17 bits per heavy atom. The molecule has 222 valence electrons. The van der Waals surface area contributed by atoms with E-state index < -0.39 is 11.5 Å². The molecule has 9 heteroatoms. The van der Waals surface area contributed by atoms with Crippen LogP contribution in [0.25, 0.3) is 0 Å². The lowest BCUT2D eigenvalue weighted by molar-refractivity contribution is -0.163. The van der Waals surface area contributed by atoms with E-state index in [4.69, 9.17) is 9.84 Å². The topological polar surface area (TPSA) is 99.2 Å². The fourth-order valence-corrected chi connectivity index (χ4v) is 6.57. The van der Waals surface area contributed by atoms with Crippen LogP contribution in [0.1, 0.15) is 80.6 Å². The van der Waals surface area contributed by atoms with E-state index in [1.165, 1.54) is 18.6 Å². The van der Waals surface area contributed by atoms with E-state index in [0.29, 0.717) is 30.9 Å². The van der Waals surface area contributed by atoms with Gasteiger partial charge in [0.2, 0.25) is 11.8 Å². The molecule has 8 nitrogen and oxygen atoms in total. The van der Waals surface area contributed by atoms with Crippen LogP contribution in [0.5, 0.6) is 11.5 Å². The molecule has 2 aromatic rings. The average Bonchev–Trinajstić information content (AvgIpc) is 2.98. The van der Waals surface area contributed by atoms with E-state index in [1.807, 2.05) is 29.2 Å². The van der Waals surface area contributed by atoms with Crippen LogP contribution in [0.3, 0.4) is 0 Å². The second-order valence-electron chi connectivity index (χ2n) is 11.6. The van der Waals surface area contributed by atoms with E-state index in [-0.39, 0.29) is 41.7 Å². The number of carbonyl (C=O) groups excluding carboxylic acids is 2. The molecule has 1 aliphatic carbocycles. The Labute approximate surface area is 248 Å². The predicted octanol–water partition coefficient (Wildman–Crippen LogP) is 5.64. The lowest BCUT2D eigenvalue weighted by atomic mass is 9.77. The molecule has 2 aromatic carbocycles. The Hall–Kier alpha value is -3.10. The zero-order valence-corrected chi connectivity index (χ0v) is 24.7. The molecule has 2 heterocycles. The first kappa shape index (κ1) is 30.8. The van der Waals surface area contributed by atoms with Crippen molar-refractivity contribution in [2.24, 2.45) is 5.92 Å². The highest BCUT2D eigenvalue weighted by molar-refractivity contribution is 6.00. The molecule has 1 atom stereocenters. The van der Waals surface area contributed by atoms with E-state index in [2.05, 4.69) is 17.1 Å². The van der Waals surface area contributed by atoms with Crippen LogP contribution < -0.4 is 10.1 Å². The number of rotatable bonds is 9. The fourth-order valence-electron chi connectivity index (χ4n) is 6.57. The number of carboxylic acid groups (broad SMARTS) is 1. The summed E-state index contributed by atoms with van der Waals surface area (Å²) in [5, 5.41) is 12.3. The first-order valence-corrected chi connectivity index (χ1v) is 14.8. The zero-order chi connectivity index (χ0) is 28.1. The van der Waals surface area contributed by atoms with Gasteiger partial charge >= 0.3 is 5.97 Å². The van der Waals surface area contributed by atoms with Crippen molar-refractivity contribution in [1.29, 1.82) is 0 Å². The van der Waals surface area contributed by atoms with Gasteiger partial charge < -0.3 is 20.1 Å². The number of hydrogen-bond acceptors (Lipinski definition) is 5. The van der Waals surface area contributed by atoms with Crippen LogP contribution >= 0.6 is 12.4 Å². The number of piperidine rings is 1. The average molecular weight is 584 g/mol. The molecule has 2 saturated heterocycles. The summed E-state index contributed by atoms with van der Waals surface area (Å²) in [6.07, 6.45) is 8.79. The molecule has 0 radical (unpaired) electrons. The van der Waals surface area contributed by atoms with E-state index in [9.17, 15) is 14.4 Å². The lowest BCUT2D eigenvalue weighted by Gasteiger charge is -2.53. The second-order valence-corrected chi connectivity index (χ2v) is 11.6. The standard InChI is InChI=1S/C32H41N3O5.ClH/c1-2-3-19-35-29(36)28(24-7-5-4-6-8-24)33-31(39)32(35)17-20-34(21-18-32)22-23-9-13-26(14-10-23)40-27-15-11-25(12-16-27)30(37)38;/h9-16,24,28H,2-8,17-22H2,1H3,(H,33,39)(H,37,38);1H/t28-;/m0./s1. The number of nitrogens with one attached hydrogen (secondary N) is 1. The number of unbranched alkanes of at least 4 members (excludes halogenated alkanes) is 1. The third-order valence-corrected chi connectivity index (χ3v) is 8.96. The number of carbonyl (C=O) groups is 3. The summed E-state index contributed by atoms with van der Waals surface area (Å²) in [4.78, 5) is 42.8. The Balaban J connectivity index is 0.00000387. The molecule has 1 spiro atoms. The van der Waals surface area contributed by atoms with Crippen molar-refractivity contribution in [3.8, 4) is 11.5 Å². The monoisotopic (exact) mass is 583 g/mol. The molecule has 0 bridgehead atoms. The first-order valence-electron chi connectivity index (χ1n) is 14.8. The molecule has 3 aliphatic rings. The number of benzene rings is 2. The summed E-state index contributed by atoms with van der Waals surface area (Å²) in [6.45, 7) is 5.07. The molecule has 0 aromatic heterocycles. The molecule has 41 heavy (non-hydrogen) atoms. The number of carboxylic acids is 1. The van der Waals surface area contributed by atoms with Crippen molar-refractivity contribution in [2.75, 3.05) is 19.6 Å². The van der Waals surface area contributed by atoms with Crippen LogP contribution in [-0.4, -0.2) is 63.9 Å². The minimum absolute atomic E-state index is 0. The van der Waals surface area contributed by atoms with Gasteiger partial charge in [-0.3, -0.25) is 14.5 Å². The summed E-state index contributed by atoms with van der Waals surface area (Å²) < 4.78 is 5.86. The van der Waals surface area contributed by atoms with Gasteiger partial charge in [-0.15, -0.1) is 12.4 Å². The molecular formula is C32H42ClN3O5. The van der Waals surface area contributed by atoms with Gasteiger partial charge in [0, 0.05) is 26.2 Å². The molecule has 5 rings (SSSR count). The Morgan fingerprint density at radius 1 is 0.976 bits per heavy atom. The molecule has 2 aliphatic heterocycles. The molecular weight excluding hydrogens is 542 g/mol. The van der Waals surface area contributed by atoms with Gasteiger partial charge in [0.1, 0.15) is 23.1 Å². The smallest absolute Gasteiger partial charge is 0.335 e. The highest BCUT2D eigenvalue weighted by atomic mass is 35.5. The highest BCUT2D eigenvalue weighted by Crippen LogP contribution is 2.37. The molecule has 2 N–H and O–H groups in total. The van der Waals surface area contributed by atoms with E-state index >= 15 is 0 Å². The molecule has 0 unspecified atom stereocenters. The van der Waals surface area contributed by atoms with Gasteiger partial charge in [-0.05, 0) is 80.0 Å². The molecule has 3 fully saturated rings.